The van der Waals surface area contributed by atoms with Gasteiger partial charge in [-0.3, -0.25) is 0 Å². The summed E-state index contributed by atoms with van der Waals surface area (Å²) in [6, 6.07) is 9.55. The summed E-state index contributed by atoms with van der Waals surface area (Å²) in [6.45, 7) is 1.90. The fraction of sp³-hybridized carbons (Fsp3) is 0.111. The topological polar surface area (TPSA) is 35.0 Å². The molecule has 2 aromatic rings. The number of nitrogens with zero attached hydrogens (tertiary/aromatic N) is 2. The van der Waals surface area contributed by atoms with Crippen molar-refractivity contribution in [2.24, 2.45) is 0 Å². The predicted molar refractivity (Wildman–Crippen MR) is 51.2 cm³/mol. The van der Waals surface area contributed by atoms with Crippen LogP contribution in [0.3, 0.4) is 0 Å². The second kappa shape index (κ2) is 3.53. The number of para-hydroxylation sites is 1. The van der Waals surface area contributed by atoms with Gasteiger partial charge >= 0.3 is 0 Å². The van der Waals surface area contributed by atoms with Gasteiger partial charge in [0.2, 0.25) is 0 Å². The molecule has 0 radical (unpaired) electrons. The molecule has 66 valence electrons. The zero-order chi connectivity index (χ0) is 9.10. The Morgan fingerprint density at radius 3 is 2.54 bits per heavy atom. The fourth-order valence-corrected chi connectivity index (χ4v) is 1.46. The number of rotatable bonds is 2. The van der Waals surface area contributed by atoms with Crippen LogP contribution in [-0.4, -0.2) is 10.2 Å². The molecule has 0 fully saturated rings. The van der Waals surface area contributed by atoms with E-state index < -0.39 is 0 Å². The molecule has 0 saturated carbocycles. The van der Waals surface area contributed by atoms with Crippen LogP contribution in [0.5, 0.6) is 10.9 Å². The van der Waals surface area contributed by atoms with Crippen LogP contribution >= 0.6 is 11.3 Å². The Labute approximate surface area is 80.0 Å². The molecule has 2 rings (SSSR count). The minimum Gasteiger partial charge on any atom is -0.430 e. The second-order valence-corrected chi connectivity index (χ2v) is 3.65. The SMILES string of the molecule is Cc1nnc(Oc2ccccc2)s1. The standard InChI is InChI=1S/C9H8N2OS/c1-7-10-11-9(13-7)12-8-5-3-2-4-6-8/h2-6H,1H3. The monoisotopic (exact) mass is 192 g/mol. The molecule has 0 N–H and O–H groups in total. The zero-order valence-electron chi connectivity index (χ0n) is 7.10. The van der Waals surface area contributed by atoms with Crippen molar-refractivity contribution in [3.8, 4) is 10.9 Å². The van der Waals surface area contributed by atoms with Crippen LogP contribution in [0.4, 0.5) is 0 Å². The number of ether oxygens (including phenoxy) is 1. The lowest BCUT2D eigenvalue weighted by Crippen LogP contribution is -1.81. The van der Waals surface area contributed by atoms with Gasteiger partial charge < -0.3 is 4.74 Å². The summed E-state index contributed by atoms with van der Waals surface area (Å²) in [5, 5.41) is 9.21. The highest BCUT2D eigenvalue weighted by Crippen LogP contribution is 2.23. The van der Waals surface area contributed by atoms with Crippen molar-refractivity contribution < 1.29 is 4.74 Å². The zero-order valence-corrected chi connectivity index (χ0v) is 7.91. The average molecular weight is 192 g/mol. The van der Waals surface area contributed by atoms with Gasteiger partial charge in [-0.15, -0.1) is 5.10 Å². The highest BCUT2D eigenvalue weighted by Gasteiger charge is 2.01. The maximum absolute atomic E-state index is 5.44. The third kappa shape index (κ3) is 2.03. The number of aryl methyl sites for hydroxylation is 1. The quantitative estimate of drug-likeness (QED) is 0.733. The molecule has 0 aliphatic heterocycles. The van der Waals surface area contributed by atoms with Crippen LogP contribution in [0.1, 0.15) is 5.01 Å². The predicted octanol–water partition coefficient (Wildman–Crippen LogP) is 2.64. The Morgan fingerprint density at radius 1 is 1.15 bits per heavy atom. The Bertz CT molecular complexity index is 386. The molecular weight excluding hydrogens is 184 g/mol. The van der Waals surface area contributed by atoms with Crippen molar-refractivity contribution in [2.75, 3.05) is 0 Å². The van der Waals surface area contributed by atoms with E-state index in [0.717, 1.165) is 10.8 Å². The number of hydrogen-bond donors (Lipinski definition) is 0. The largest absolute Gasteiger partial charge is 0.430 e. The van der Waals surface area contributed by atoms with Crippen LogP contribution in [0.15, 0.2) is 30.3 Å². The van der Waals surface area contributed by atoms with Crippen LogP contribution in [0.25, 0.3) is 0 Å². The maximum Gasteiger partial charge on any atom is 0.299 e. The van der Waals surface area contributed by atoms with Gasteiger partial charge in [0.05, 0.1) is 0 Å². The lowest BCUT2D eigenvalue weighted by atomic mass is 10.3. The summed E-state index contributed by atoms with van der Waals surface area (Å²) in [4.78, 5) is 0. The first-order chi connectivity index (χ1) is 6.34. The van der Waals surface area contributed by atoms with E-state index in [4.69, 9.17) is 4.74 Å². The first kappa shape index (κ1) is 8.19. The smallest absolute Gasteiger partial charge is 0.299 e. The molecule has 0 aliphatic rings. The lowest BCUT2D eigenvalue weighted by molar-refractivity contribution is 0.473. The Morgan fingerprint density at radius 2 is 1.92 bits per heavy atom. The Kier molecular flexibility index (Phi) is 2.23. The third-order valence-electron chi connectivity index (χ3n) is 1.46. The average Bonchev–Trinajstić information content (AvgIpc) is 2.53. The highest BCUT2D eigenvalue weighted by molar-refractivity contribution is 7.13. The van der Waals surface area contributed by atoms with E-state index in [1.165, 1.54) is 11.3 Å². The van der Waals surface area contributed by atoms with Crippen molar-refractivity contribution >= 4 is 11.3 Å². The van der Waals surface area contributed by atoms with Gasteiger partial charge in [0.1, 0.15) is 10.8 Å². The summed E-state index contributed by atoms with van der Waals surface area (Å²) >= 11 is 1.44. The number of hydrogen-bond acceptors (Lipinski definition) is 4. The molecule has 3 nitrogen and oxygen atoms in total. The first-order valence-corrected chi connectivity index (χ1v) is 4.69. The molecule has 13 heavy (non-hydrogen) atoms. The molecule has 0 aliphatic carbocycles. The molecular formula is C9H8N2OS. The van der Waals surface area contributed by atoms with Crippen LogP contribution < -0.4 is 4.74 Å². The van der Waals surface area contributed by atoms with Gasteiger partial charge in [-0.05, 0) is 19.1 Å². The summed E-state index contributed by atoms with van der Waals surface area (Å²) in [5.41, 5.74) is 0. The van der Waals surface area contributed by atoms with Gasteiger partial charge in [-0.2, -0.15) is 0 Å². The molecule has 1 aromatic heterocycles. The van der Waals surface area contributed by atoms with Gasteiger partial charge in [0.25, 0.3) is 5.19 Å². The molecule has 0 saturated heterocycles. The normalized spacial score (nSPS) is 9.92. The minimum absolute atomic E-state index is 0.587. The summed E-state index contributed by atoms with van der Waals surface area (Å²) in [6.07, 6.45) is 0. The minimum atomic E-state index is 0.587. The lowest BCUT2D eigenvalue weighted by Gasteiger charge is -1.98. The maximum atomic E-state index is 5.44. The van der Waals surface area contributed by atoms with Crippen molar-refractivity contribution in [3.05, 3.63) is 35.3 Å². The number of benzene rings is 1. The fourth-order valence-electron chi connectivity index (χ4n) is 0.909. The van der Waals surface area contributed by atoms with E-state index in [1.807, 2.05) is 37.3 Å². The van der Waals surface area contributed by atoms with E-state index in [-0.39, 0.29) is 0 Å². The van der Waals surface area contributed by atoms with Crippen LogP contribution in [-0.2, 0) is 0 Å². The summed E-state index contributed by atoms with van der Waals surface area (Å²) < 4.78 is 5.44. The highest BCUT2D eigenvalue weighted by atomic mass is 32.1. The molecule has 0 amide bonds. The number of aromatic nitrogens is 2. The van der Waals surface area contributed by atoms with Gasteiger partial charge in [0, 0.05) is 0 Å². The molecule has 0 bridgehead atoms. The van der Waals surface area contributed by atoms with Crippen LogP contribution in [0, 0.1) is 6.92 Å². The van der Waals surface area contributed by atoms with E-state index in [0.29, 0.717) is 5.19 Å². The molecule has 0 atom stereocenters. The molecule has 0 unspecified atom stereocenters. The van der Waals surface area contributed by atoms with Crippen molar-refractivity contribution in [3.63, 3.8) is 0 Å². The molecule has 1 heterocycles. The van der Waals surface area contributed by atoms with E-state index in [9.17, 15) is 0 Å². The van der Waals surface area contributed by atoms with E-state index in [1.54, 1.807) is 0 Å². The van der Waals surface area contributed by atoms with E-state index in [2.05, 4.69) is 10.2 Å². The van der Waals surface area contributed by atoms with Crippen molar-refractivity contribution in [1.29, 1.82) is 0 Å². The molecule has 4 heteroatoms. The molecule has 0 spiro atoms. The van der Waals surface area contributed by atoms with Gasteiger partial charge in [-0.25, -0.2) is 0 Å². The van der Waals surface area contributed by atoms with Crippen molar-refractivity contribution in [2.45, 2.75) is 6.92 Å². The van der Waals surface area contributed by atoms with Gasteiger partial charge in [0.15, 0.2) is 0 Å². The third-order valence-corrected chi connectivity index (χ3v) is 2.17. The summed E-state index contributed by atoms with van der Waals surface area (Å²) in [7, 11) is 0. The van der Waals surface area contributed by atoms with E-state index >= 15 is 0 Å². The van der Waals surface area contributed by atoms with Crippen molar-refractivity contribution in [1.82, 2.24) is 10.2 Å². The Balaban J connectivity index is 2.15. The first-order valence-electron chi connectivity index (χ1n) is 3.87. The van der Waals surface area contributed by atoms with Crippen LogP contribution in [0.2, 0.25) is 0 Å². The Hall–Kier alpha value is -1.42. The second-order valence-electron chi connectivity index (χ2n) is 2.50. The summed E-state index contributed by atoms with van der Waals surface area (Å²) in [5.74, 6) is 0.790. The van der Waals surface area contributed by atoms with Gasteiger partial charge in [-0.1, -0.05) is 34.6 Å². The molecule has 1 aromatic carbocycles.